The lowest BCUT2D eigenvalue weighted by molar-refractivity contribution is 0.160. The van der Waals surface area contributed by atoms with Gasteiger partial charge in [0.25, 0.3) is 0 Å². The predicted molar refractivity (Wildman–Crippen MR) is 53.9 cm³/mol. The van der Waals surface area contributed by atoms with Gasteiger partial charge in [-0.25, -0.2) is 0 Å². The molecule has 1 rings (SSSR count). The highest BCUT2D eigenvalue weighted by Crippen LogP contribution is 2.25. The smallest absolute Gasteiger partial charge is 0.160 e. The fraction of sp³-hybridized carbons (Fsp3) is 0.300. The van der Waals surface area contributed by atoms with Crippen molar-refractivity contribution in [3.8, 4) is 11.5 Å². The third-order valence-corrected chi connectivity index (χ3v) is 1.61. The van der Waals surface area contributed by atoms with Crippen LogP contribution in [0.15, 0.2) is 23.4 Å². The van der Waals surface area contributed by atoms with Gasteiger partial charge in [-0.2, -0.15) is 0 Å². The van der Waals surface area contributed by atoms with Crippen molar-refractivity contribution in [1.29, 1.82) is 0 Å². The molecule has 1 aromatic rings. The van der Waals surface area contributed by atoms with Crippen LogP contribution in [-0.2, 0) is 4.84 Å². The molecule has 4 nitrogen and oxygen atoms in total. The average Bonchev–Trinajstić information content (AvgIpc) is 2.18. The Hall–Kier alpha value is -1.71. The number of phenolic OH excluding ortho intramolecular Hbond substituents is 1. The number of oxime groups is 1. The average molecular weight is 195 g/mol. The molecule has 4 heteroatoms. The number of rotatable bonds is 4. The van der Waals surface area contributed by atoms with Gasteiger partial charge in [-0.1, -0.05) is 5.16 Å². The topological polar surface area (TPSA) is 51.0 Å². The van der Waals surface area contributed by atoms with Gasteiger partial charge < -0.3 is 14.7 Å². The monoisotopic (exact) mass is 195 g/mol. The van der Waals surface area contributed by atoms with Crippen molar-refractivity contribution in [2.75, 3.05) is 13.7 Å². The molecule has 14 heavy (non-hydrogen) atoms. The van der Waals surface area contributed by atoms with Gasteiger partial charge in [-0.05, 0) is 30.7 Å². The van der Waals surface area contributed by atoms with Gasteiger partial charge >= 0.3 is 0 Å². The minimum absolute atomic E-state index is 0.0907. The SMILES string of the molecule is CCON=Cc1ccc(OC)c(O)c1. The second kappa shape index (κ2) is 5.11. The Morgan fingerprint density at radius 3 is 2.86 bits per heavy atom. The molecule has 1 aromatic carbocycles. The van der Waals surface area contributed by atoms with Crippen LogP contribution in [0.4, 0.5) is 0 Å². The molecule has 0 saturated carbocycles. The lowest BCUT2D eigenvalue weighted by Crippen LogP contribution is -1.87. The number of phenols is 1. The molecular formula is C10H13NO3. The third-order valence-electron chi connectivity index (χ3n) is 1.61. The summed E-state index contributed by atoms with van der Waals surface area (Å²) in [5.41, 5.74) is 0.761. The Kier molecular flexibility index (Phi) is 3.79. The Morgan fingerprint density at radius 2 is 2.29 bits per heavy atom. The summed E-state index contributed by atoms with van der Waals surface area (Å²) in [5.74, 6) is 0.534. The molecule has 0 amide bonds. The van der Waals surface area contributed by atoms with Crippen LogP contribution in [0.1, 0.15) is 12.5 Å². The van der Waals surface area contributed by atoms with Crippen molar-refractivity contribution in [2.45, 2.75) is 6.92 Å². The van der Waals surface area contributed by atoms with Crippen LogP contribution in [-0.4, -0.2) is 25.0 Å². The number of benzene rings is 1. The first-order valence-corrected chi connectivity index (χ1v) is 4.30. The number of hydrogen-bond acceptors (Lipinski definition) is 4. The van der Waals surface area contributed by atoms with Crippen molar-refractivity contribution in [3.05, 3.63) is 23.8 Å². The molecule has 76 valence electrons. The normalized spacial score (nSPS) is 10.4. The summed E-state index contributed by atoms with van der Waals surface area (Å²) in [7, 11) is 1.50. The molecule has 0 aliphatic rings. The minimum Gasteiger partial charge on any atom is -0.504 e. The van der Waals surface area contributed by atoms with E-state index < -0.39 is 0 Å². The molecule has 0 aliphatic carbocycles. The first-order chi connectivity index (χ1) is 6.77. The van der Waals surface area contributed by atoms with E-state index in [-0.39, 0.29) is 5.75 Å². The van der Waals surface area contributed by atoms with Gasteiger partial charge in [-0.3, -0.25) is 0 Å². The van der Waals surface area contributed by atoms with Crippen LogP contribution in [0, 0.1) is 0 Å². The zero-order valence-corrected chi connectivity index (χ0v) is 8.23. The molecule has 0 atom stereocenters. The van der Waals surface area contributed by atoms with Gasteiger partial charge in [0.05, 0.1) is 13.3 Å². The first kappa shape index (κ1) is 10.4. The van der Waals surface area contributed by atoms with E-state index in [2.05, 4.69) is 5.16 Å². The quantitative estimate of drug-likeness (QED) is 0.588. The fourth-order valence-electron chi connectivity index (χ4n) is 0.960. The van der Waals surface area contributed by atoms with Crippen molar-refractivity contribution >= 4 is 6.21 Å². The summed E-state index contributed by atoms with van der Waals surface area (Å²) in [5, 5.41) is 13.1. The number of nitrogens with zero attached hydrogens (tertiary/aromatic N) is 1. The maximum Gasteiger partial charge on any atom is 0.160 e. The van der Waals surface area contributed by atoms with Crippen molar-refractivity contribution in [2.24, 2.45) is 5.16 Å². The molecule has 0 aromatic heterocycles. The van der Waals surface area contributed by atoms with Gasteiger partial charge in [-0.15, -0.1) is 0 Å². The first-order valence-electron chi connectivity index (χ1n) is 4.30. The molecule has 0 saturated heterocycles. The highest BCUT2D eigenvalue weighted by atomic mass is 16.6. The second-order valence-electron chi connectivity index (χ2n) is 2.58. The zero-order chi connectivity index (χ0) is 10.4. The number of hydrogen-bond donors (Lipinski definition) is 1. The summed E-state index contributed by atoms with van der Waals surface area (Å²) in [6, 6.07) is 5.01. The van der Waals surface area contributed by atoms with Crippen LogP contribution in [0.3, 0.4) is 0 Å². The van der Waals surface area contributed by atoms with Crippen molar-refractivity contribution < 1.29 is 14.7 Å². The Balaban J connectivity index is 2.76. The Morgan fingerprint density at radius 1 is 1.50 bits per heavy atom. The van der Waals surface area contributed by atoms with Crippen LogP contribution in [0.25, 0.3) is 0 Å². The van der Waals surface area contributed by atoms with Crippen molar-refractivity contribution in [3.63, 3.8) is 0 Å². The van der Waals surface area contributed by atoms with Crippen LogP contribution < -0.4 is 4.74 Å². The maximum absolute atomic E-state index is 9.42. The van der Waals surface area contributed by atoms with E-state index >= 15 is 0 Å². The highest BCUT2D eigenvalue weighted by Gasteiger charge is 2.00. The van der Waals surface area contributed by atoms with E-state index in [9.17, 15) is 5.11 Å². The molecule has 1 N–H and O–H groups in total. The molecule has 0 radical (unpaired) electrons. The van der Waals surface area contributed by atoms with Gasteiger partial charge in [0.2, 0.25) is 0 Å². The highest BCUT2D eigenvalue weighted by molar-refractivity contribution is 5.80. The third kappa shape index (κ3) is 2.65. The summed E-state index contributed by atoms with van der Waals surface area (Å²) in [6.45, 7) is 2.38. The molecular weight excluding hydrogens is 182 g/mol. The molecule has 0 heterocycles. The molecule has 0 fully saturated rings. The predicted octanol–water partition coefficient (Wildman–Crippen LogP) is 1.77. The standard InChI is InChI=1S/C10H13NO3/c1-3-14-11-7-8-4-5-10(13-2)9(12)6-8/h4-7,12H,3H2,1-2H3. The van der Waals surface area contributed by atoms with E-state index in [1.807, 2.05) is 6.92 Å². The van der Waals surface area contributed by atoms with E-state index in [4.69, 9.17) is 9.57 Å². The summed E-state index contributed by atoms with van der Waals surface area (Å²) < 4.78 is 4.90. The zero-order valence-electron chi connectivity index (χ0n) is 8.23. The van der Waals surface area contributed by atoms with E-state index in [1.165, 1.54) is 13.3 Å². The maximum atomic E-state index is 9.42. The fourth-order valence-corrected chi connectivity index (χ4v) is 0.960. The van der Waals surface area contributed by atoms with Crippen molar-refractivity contribution in [1.82, 2.24) is 0 Å². The van der Waals surface area contributed by atoms with Gasteiger partial charge in [0, 0.05) is 0 Å². The summed E-state index contributed by atoms with van der Waals surface area (Å²) in [4.78, 5) is 4.79. The number of aromatic hydroxyl groups is 1. The minimum atomic E-state index is 0.0907. The van der Waals surface area contributed by atoms with Gasteiger partial charge in [0.1, 0.15) is 6.61 Å². The van der Waals surface area contributed by atoms with E-state index in [0.717, 1.165) is 5.56 Å². The second-order valence-corrected chi connectivity index (χ2v) is 2.58. The van der Waals surface area contributed by atoms with E-state index in [1.54, 1.807) is 18.2 Å². The van der Waals surface area contributed by atoms with Crippen LogP contribution in [0.2, 0.25) is 0 Å². The number of methoxy groups -OCH3 is 1. The lowest BCUT2D eigenvalue weighted by Gasteiger charge is -2.02. The summed E-state index contributed by atoms with van der Waals surface area (Å²) in [6.07, 6.45) is 1.53. The van der Waals surface area contributed by atoms with Crippen LogP contribution in [0.5, 0.6) is 11.5 Å². The summed E-state index contributed by atoms with van der Waals surface area (Å²) >= 11 is 0. The molecule has 0 bridgehead atoms. The Labute approximate surface area is 82.8 Å². The lowest BCUT2D eigenvalue weighted by atomic mass is 10.2. The Bertz CT molecular complexity index is 323. The largest absolute Gasteiger partial charge is 0.504 e. The van der Waals surface area contributed by atoms with Crippen LogP contribution >= 0.6 is 0 Å². The molecule has 0 aliphatic heterocycles. The molecule has 0 spiro atoms. The van der Waals surface area contributed by atoms with E-state index in [0.29, 0.717) is 12.4 Å². The van der Waals surface area contributed by atoms with Gasteiger partial charge in [0.15, 0.2) is 11.5 Å². The molecule has 0 unspecified atom stereocenters. The number of ether oxygens (including phenoxy) is 1.